The first kappa shape index (κ1) is 13.8. The van der Waals surface area contributed by atoms with Gasteiger partial charge in [0.1, 0.15) is 0 Å². The Labute approximate surface area is 87.1 Å². The van der Waals surface area contributed by atoms with Crippen LogP contribution in [-0.4, -0.2) is 45.1 Å². The maximum absolute atomic E-state index is 5.37. The zero-order chi connectivity index (χ0) is 10.9. The molecule has 14 heavy (non-hydrogen) atoms. The zero-order valence-electron chi connectivity index (χ0n) is 9.77. The van der Waals surface area contributed by atoms with Crippen molar-refractivity contribution in [3.63, 3.8) is 0 Å². The molecule has 0 aliphatic rings. The molecule has 86 valence electrons. The molecule has 0 bridgehead atoms. The predicted octanol–water partition coefficient (Wildman–Crippen LogP) is -0.350. The van der Waals surface area contributed by atoms with E-state index in [1.165, 1.54) is 0 Å². The van der Waals surface area contributed by atoms with Crippen LogP contribution in [0.5, 0.6) is 0 Å². The molecule has 0 saturated heterocycles. The van der Waals surface area contributed by atoms with Crippen molar-refractivity contribution in [2.24, 2.45) is 0 Å². The summed E-state index contributed by atoms with van der Waals surface area (Å²) in [5.41, 5.74) is 3.86. The van der Waals surface area contributed by atoms with Crippen LogP contribution in [0, 0.1) is 0 Å². The molecule has 0 radical (unpaired) electrons. The van der Waals surface area contributed by atoms with Crippen LogP contribution in [-0.2, 0) is 9.47 Å². The fraction of sp³-hybridized carbons (Fsp3) is 1.00. The maximum atomic E-state index is 5.37. The lowest BCUT2D eigenvalue weighted by Gasteiger charge is -2.20. The largest absolute Gasteiger partial charge is 0.378 e. The molecule has 4 heteroatoms. The van der Waals surface area contributed by atoms with Gasteiger partial charge in [-0.15, -0.1) is 0 Å². The normalized spacial score (nSPS) is 12.0. The molecule has 0 aliphatic carbocycles. The Hall–Kier alpha value is -0.160. The van der Waals surface area contributed by atoms with Crippen molar-refractivity contribution in [3.05, 3.63) is 0 Å². The van der Waals surface area contributed by atoms with Gasteiger partial charge in [-0.25, -0.2) is 0 Å². The lowest BCUT2D eigenvalue weighted by molar-refractivity contribution is -0.374. The third kappa shape index (κ3) is 11.8. The first-order valence-corrected chi connectivity index (χ1v) is 5.26. The SMILES string of the molecule is CC(C)(C)NCCOCCOCC[NH3+]. The molecule has 0 aromatic heterocycles. The summed E-state index contributed by atoms with van der Waals surface area (Å²) < 4.78 is 10.6. The second-order valence-electron chi connectivity index (χ2n) is 4.26. The van der Waals surface area contributed by atoms with Crippen LogP contribution in [0.4, 0.5) is 0 Å². The number of rotatable bonds is 8. The van der Waals surface area contributed by atoms with E-state index in [9.17, 15) is 0 Å². The van der Waals surface area contributed by atoms with E-state index in [0.717, 1.165) is 26.3 Å². The van der Waals surface area contributed by atoms with Crippen LogP contribution in [0.25, 0.3) is 0 Å². The number of ether oxygens (including phenoxy) is 2. The van der Waals surface area contributed by atoms with E-state index in [0.29, 0.717) is 13.2 Å². The molecule has 0 fully saturated rings. The van der Waals surface area contributed by atoms with Crippen molar-refractivity contribution < 1.29 is 15.2 Å². The molecule has 4 N–H and O–H groups in total. The van der Waals surface area contributed by atoms with Crippen molar-refractivity contribution >= 4 is 0 Å². The highest BCUT2D eigenvalue weighted by molar-refractivity contribution is 4.69. The zero-order valence-corrected chi connectivity index (χ0v) is 9.77. The van der Waals surface area contributed by atoms with Gasteiger partial charge in [0.15, 0.2) is 0 Å². The highest BCUT2D eigenvalue weighted by atomic mass is 16.5. The summed E-state index contributed by atoms with van der Waals surface area (Å²) in [5, 5.41) is 3.35. The Kier molecular flexibility index (Phi) is 8.08. The number of quaternary nitrogens is 1. The summed E-state index contributed by atoms with van der Waals surface area (Å²) in [7, 11) is 0. The van der Waals surface area contributed by atoms with Gasteiger partial charge in [-0.3, -0.25) is 0 Å². The van der Waals surface area contributed by atoms with Crippen molar-refractivity contribution in [2.75, 3.05) is 39.5 Å². The van der Waals surface area contributed by atoms with E-state index in [4.69, 9.17) is 9.47 Å². The van der Waals surface area contributed by atoms with Gasteiger partial charge in [-0.05, 0) is 20.8 Å². The standard InChI is InChI=1S/C10H24N2O2/c1-10(2,3)12-5-7-14-9-8-13-6-4-11/h12H,4-9,11H2,1-3H3/p+1. The summed E-state index contributed by atoms with van der Waals surface area (Å²) in [4.78, 5) is 0. The van der Waals surface area contributed by atoms with Gasteiger partial charge in [0, 0.05) is 12.1 Å². The topological polar surface area (TPSA) is 58.1 Å². The molecule has 0 spiro atoms. The number of hydrogen-bond donors (Lipinski definition) is 2. The Morgan fingerprint density at radius 1 is 1.00 bits per heavy atom. The summed E-state index contributed by atoms with van der Waals surface area (Å²) in [6.45, 7) is 11.0. The molecule has 4 nitrogen and oxygen atoms in total. The van der Waals surface area contributed by atoms with E-state index in [2.05, 4.69) is 31.8 Å². The fourth-order valence-corrected chi connectivity index (χ4v) is 0.922. The van der Waals surface area contributed by atoms with Crippen LogP contribution < -0.4 is 11.1 Å². The Bertz CT molecular complexity index is 124. The summed E-state index contributed by atoms with van der Waals surface area (Å²) in [5.74, 6) is 0. The molecule has 0 saturated carbocycles. The number of hydrogen-bond acceptors (Lipinski definition) is 3. The second kappa shape index (κ2) is 8.17. The van der Waals surface area contributed by atoms with Crippen molar-refractivity contribution in [1.29, 1.82) is 0 Å². The van der Waals surface area contributed by atoms with E-state index in [1.807, 2.05) is 0 Å². The van der Waals surface area contributed by atoms with Crippen LogP contribution in [0.1, 0.15) is 20.8 Å². The van der Waals surface area contributed by atoms with E-state index < -0.39 is 0 Å². The van der Waals surface area contributed by atoms with E-state index in [-0.39, 0.29) is 5.54 Å². The molecule has 0 aliphatic heterocycles. The molecular weight excluding hydrogens is 180 g/mol. The van der Waals surface area contributed by atoms with Gasteiger partial charge in [0.2, 0.25) is 0 Å². The lowest BCUT2D eigenvalue weighted by Crippen LogP contribution is -2.52. The Balaban J connectivity index is 2.99. The first-order valence-electron chi connectivity index (χ1n) is 5.26. The third-order valence-electron chi connectivity index (χ3n) is 1.56. The minimum Gasteiger partial charge on any atom is -0.378 e. The van der Waals surface area contributed by atoms with Crippen molar-refractivity contribution in [3.8, 4) is 0 Å². The minimum atomic E-state index is 0.174. The summed E-state index contributed by atoms with van der Waals surface area (Å²) in [6, 6.07) is 0. The Morgan fingerprint density at radius 2 is 1.57 bits per heavy atom. The fourth-order valence-electron chi connectivity index (χ4n) is 0.922. The third-order valence-corrected chi connectivity index (χ3v) is 1.56. The van der Waals surface area contributed by atoms with Gasteiger partial charge in [-0.2, -0.15) is 0 Å². The summed E-state index contributed by atoms with van der Waals surface area (Å²) in [6.07, 6.45) is 0. The first-order chi connectivity index (χ1) is 6.56. The van der Waals surface area contributed by atoms with Crippen LogP contribution in [0.2, 0.25) is 0 Å². The molecule has 0 unspecified atom stereocenters. The van der Waals surface area contributed by atoms with Gasteiger partial charge in [0.25, 0.3) is 0 Å². The molecule has 0 atom stereocenters. The highest BCUT2D eigenvalue weighted by Crippen LogP contribution is 1.96. The lowest BCUT2D eigenvalue weighted by atomic mass is 10.1. The van der Waals surface area contributed by atoms with E-state index in [1.54, 1.807) is 0 Å². The van der Waals surface area contributed by atoms with Gasteiger partial charge >= 0.3 is 0 Å². The van der Waals surface area contributed by atoms with Crippen LogP contribution in [0.3, 0.4) is 0 Å². The van der Waals surface area contributed by atoms with Gasteiger partial charge in [-0.1, -0.05) is 0 Å². The molecule has 0 amide bonds. The maximum Gasteiger partial charge on any atom is 0.0977 e. The monoisotopic (exact) mass is 205 g/mol. The van der Waals surface area contributed by atoms with Crippen LogP contribution in [0.15, 0.2) is 0 Å². The predicted molar refractivity (Wildman–Crippen MR) is 57.1 cm³/mol. The van der Waals surface area contributed by atoms with Gasteiger partial charge < -0.3 is 20.5 Å². The quantitative estimate of drug-likeness (QED) is 0.533. The van der Waals surface area contributed by atoms with E-state index >= 15 is 0 Å². The average Bonchev–Trinajstić information content (AvgIpc) is 2.08. The molecule has 0 aromatic rings. The molecule has 0 aromatic carbocycles. The molecule has 0 rings (SSSR count). The Morgan fingerprint density at radius 3 is 2.07 bits per heavy atom. The molecular formula is C10H25N2O2+. The second-order valence-corrected chi connectivity index (χ2v) is 4.26. The summed E-state index contributed by atoms with van der Waals surface area (Å²) >= 11 is 0. The van der Waals surface area contributed by atoms with Crippen molar-refractivity contribution in [2.45, 2.75) is 26.3 Å². The minimum absolute atomic E-state index is 0.174. The molecule has 0 heterocycles. The average molecular weight is 205 g/mol. The van der Waals surface area contributed by atoms with Crippen molar-refractivity contribution in [1.82, 2.24) is 5.32 Å². The highest BCUT2D eigenvalue weighted by Gasteiger charge is 2.06. The number of nitrogens with one attached hydrogen (secondary N) is 1. The van der Waals surface area contributed by atoms with Crippen LogP contribution >= 0.6 is 0 Å². The smallest absolute Gasteiger partial charge is 0.0977 e. The van der Waals surface area contributed by atoms with Gasteiger partial charge in [0.05, 0.1) is 33.0 Å².